The molecule has 3 rings (SSSR count). The van der Waals surface area contributed by atoms with Crippen molar-refractivity contribution in [1.29, 1.82) is 0 Å². The highest BCUT2D eigenvalue weighted by Crippen LogP contribution is 2.42. The molecule has 21 heavy (non-hydrogen) atoms. The summed E-state index contributed by atoms with van der Waals surface area (Å²) in [4.78, 5) is 1.09. The molecule has 0 saturated heterocycles. The van der Waals surface area contributed by atoms with Crippen molar-refractivity contribution in [2.75, 3.05) is 14.2 Å². The second-order valence-electron chi connectivity index (χ2n) is 4.48. The molecule has 1 aromatic carbocycles. The Kier molecular flexibility index (Phi) is 4.08. The number of fused-ring (bicyclic) bond motifs is 1. The van der Waals surface area contributed by atoms with Gasteiger partial charge in [0.05, 0.1) is 20.3 Å². The Bertz CT molecular complexity index is 753. The first-order chi connectivity index (χ1) is 10.2. The monoisotopic (exact) mass is 339 g/mol. The molecule has 0 amide bonds. The lowest BCUT2D eigenvalue weighted by atomic mass is 10.0. The third-order valence-electron chi connectivity index (χ3n) is 3.32. The maximum Gasteiger partial charge on any atom is 0.146 e. The molecule has 0 saturated carbocycles. The smallest absolute Gasteiger partial charge is 0.146 e. The molecule has 0 aliphatic carbocycles. The van der Waals surface area contributed by atoms with Crippen molar-refractivity contribution in [3.8, 4) is 11.5 Å². The van der Waals surface area contributed by atoms with E-state index in [9.17, 15) is 0 Å². The minimum Gasteiger partial charge on any atom is -0.495 e. The van der Waals surface area contributed by atoms with Crippen molar-refractivity contribution in [3.05, 3.63) is 45.1 Å². The van der Waals surface area contributed by atoms with Gasteiger partial charge in [0.25, 0.3) is 0 Å². The van der Waals surface area contributed by atoms with Gasteiger partial charge in [-0.15, -0.1) is 22.7 Å². The van der Waals surface area contributed by atoms with Gasteiger partial charge in [0.15, 0.2) is 0 Å². The molecule has 2 N–H and O–H groups in total. The topological polar surface area (TPSA) is 44.5 Å². The van der Waals surface area contributed by atoms with E-state index in [1.165, 1.54) is 9.40 Å². The molecule has 0 aliphatic rings. The highest BCUT2D eigenvalue weighted by molar-refractivity contribution is 7.27. The van der Waals surface area contributed by atoms with Crippen LogP contribution < -0.4 is 15.2 Å². The normalized spacial score (nSPS) is 12.6. The van der Waals surface area contributed by atoms with Gasteiger partial charge < -0.3 is 15.2 Å². The number of halogens is 1. The molecule has 3 nitrogen and oxygen atoms in total. The van der Waals surface area contributed by atoms with Crippen LogP contribution in [-0.4, -0.2) is 14.2 Å². The molecule has 0 bridgehead atoms. The minimum atomic E-state index is -0.270. The Morgan fingerprint density at radius 1 is 1.14 bits per heavy atom. The van der Waals surface area contributed by atoms with Crippen LogP contribution in [0.3, 0.4) is 0 Å². The predicted octanol–water partition coefficient (Wildman–Crippen LogP) is 4.68. The first-order valence-electron chi connectivity index (χ1n) is 6.28. The molecule has 1 unspecified atom stereocenters. The lowest BCUT2D eigenvalue weighted by molar-refractivity contribution is 0.390. The maximum absolute atomic E-state index is 6.41. The van der Waals surface area contributed by atoms with Crippen molar-refractivity contribution in [2.24, 2.45) is 5.73 Å². The number of nitrogens with two attached hydrogens (primary N) is 1. The lowest BCUT2D eigenvalue weighted by Gasteiger charge is -2.17. The van der Waals surface area contributed by atoms with Crippen molar-refractivity contribution in [3.63, 3.8) is 0 Å². The molecule has 6 heteroatoms. The highest BCUT2D eigenvalue weighted by Gasteiger charge is 2.21. The summed E-state index contributed by atoms with van der Waals surface area (Å²) in [6.45, 7) is 0. The summed E-state index contributed by atoms with van der Waals surface area (Å²) in [6.07, 6.45) is 0. The molecule has 1 atom stereocenters. The van der Waals surface area contributed by atoms with Gasteiger partial charge in [-0.25, -0.2) is 0 Å². The molecule has 0 spiro atoms. The standard InChI is InChI=1S/C15H14ClNO2S2/c1-18-9-4-3-8(15(19-2)13(9)16)14(17)12-7-11-10(21-12)5-6-20-11/h3-7,14H,17H2,1-2H3. The number of thiophene rings is 2. The second-order valence-corrected chi connectivity index (χ2v) is 6.92. The zero-order chi connectivity index (χ0) is 15.0. The van der Waals surface area contributed by atoms with Gasteiger partial charge >= 0.3 is 0 Å². The van der Waals surface area contributed by atoms with Crippen molar-refractivity contribution < 1.29 is 9.47 Å². The van der Waals surface area contributed by atoms with Crippen LogP contribution in [0.4, 0.5) is 0 Å². The van der Waals surface area contributed by atoms with Crippen LogP contribution in [-0.2, 0) is 0 Å². The van der Waals surface area contributed by atoms with Crippen LogP contribution in [0.2, 0.25) is 5.02 Å². The van der Waals surface area contributed by atoms with E-state index in [0.717, 1.165) is 10.4 Å². The Morgan fingerprint density at radius 2 is 1.95 bits per heavy atom. The summed E-state index contributed by atoms with van der Waals surface area (Å²) in [5.74, 6) is 1.15. The molecule has 3 aromatic rings. The molecular formula is C15H14ClNO2S2. The third-order valence-corrected chi connectivity index (χ3v) is 5.85. The van der Waals surface area contributed by atoms with Crippen LogP contribution in [0.5, 0.6) is 11.5 Å². The van der Waals surface area contributed by atoms with Crippen molar-refractivity contribution in [1.82, 2.24) is 0 Å². The summed E-state index contributed by atoms with van der Waals surface area (Å²) in [5, 5.41) is 2.53. The number of ether oxygens (including phenoxy) is 2. The average molecular weight is 340 g/mol. The van der Waals surface area contributed by atoms with Crippen LogP contribution in [0.25, 0.3) is 9.40 Å². The van der Waals surface area contributed by atoms with E-state index in [1.807, 2.05) is 12.1 Å². The van der Waals surface area contributed by atoms with Gasteiger partial charge in [-0.2, -0.15) is 0 Å². The summed E-state index contributed by atoms with van der Waals surface area (Å²) in [6, 6.07) is 7.69. The molecule has 0 radical (unpaired) electrons. The third kappa shape index (κ3) is 2.51. The highest BCUT2D eigenvalue weighted by atomic mass is 35.5. The van der Waals surface area contributed by atoms with E-state index in [2.05, 4.69) is 17.5 Å². The molecule has 2 heterocycles. The van der Waals surface area contributed by atoms with Crippen LogP contribution in [0, 0.1) is 0 Å². The fraction of sp³-hybridized carbons (Fsp3) is 0.200. The minimum absolute atomic E-state index is 0.270. The van der Waals surface area contributed by atoms with Gasteiger partial charge in [-0.05, 0) is 29.6 Å². The van der Waals surface area contributed by atoms with E-state index < -0.39 is 0 Å². The van der Waals surface area contributed by atoms with E-state index in [1.54, 1.807) is 36.9 Å². The summed E-state index contributed by atoms with van der Waals surface area (Å²) in [5.41, 5.74) is 7.27. The van der Waals surface area contributed by atoms with Crippen LogP contribution >= 0.6 is 34.3 Å². The van der Waals surface area contributed by atoms with Crippen molar-refractivity contribution >= 4 is 43.7 Å². The molecule has 2 aromatic heterocycles. The van der Waals surface area contributed by atoms with Gasteiger partial charge in [-0.3, -0.25) is 0 Å². The van der Waals surface area contributed by atoms with Gasteiger partial charge in [0, 0.05) is 19.8 Å². The summed E-state index contributed by atoms with van der Waals surface area (Å²) < 4.78 is 13.2. The first-order valence-corrected chi connectivity index (χ1v) is 8.36. The molecule has 110 valence electrons. The quantitative estimate of drug-likeness (QED) is 0.750. The zero-order valence-electron chi connectivity index (χ0n) is 11.6. The van der Waals surface area contributed by atoms with Crippen LogP contribution in [0.1, 0.15) is 16.5 Å². The molecule has 0 aliphatic heterocycles. The number of hydrogen-bond acceptors (Lipinski definition) is 5. The Labute approximate surface area is 135 Å². The zero-order valence-corrected chi connectivity index (χ0v) is 13.9. The Morgan fingerprint density at radius 3 is 2.62 bits per heavy atom. The SMILES string of the molecule is COc1ccc(C(N)c2cc3sccc3s2)c(OC)c1Cl. The van der Waals surface area contributed by atoms with Gasteiger partial charge in [0.2, 0.25) is 0 Å². The van der Waals surface area contributed by atoms with E-state index >= 15 is 0 Å². The maximum atomic E-state index is 6.41. The lowest BCUT2D eigenvalue weighted by Crippen LogP contribution is -2.12. The first kappa shape index (κ1) is 14.7. The Hall–Kier alpha value is -1.27. The van der Waals surface area contributed by atoms with Crippen molar-refractivity contribution in [2.45, 2.75) is 6.04 Å². The summed E-state index contributed by atoms with van der Waals surface area (Å²) >= 11 is 9.72. The van der Waals surface area contributed by atoms with Gasteiger partial charge in [-0.1, -0.05) is 11.6 Å². The van der Waals surface area contributed by atoms with E-state index in [-0.39, 0.29) is 6.04 Å². The predicted molar refractivity (Wildman–Crippen MR) is 90.3 cm³/mol. The molecular weight excluding hydrogens is 326 g/mol. The number of hydrogen-bond donors (Lipinski definition) is 1. The fourth-order valence-electron chi connectivity index (χ4n) is 2.25. The number of rotatable bonds is 4. The second kappa shape index (κ2) is 5.85. The summed E-state index contributed by atoms with van der Waals surface area (Å²) in [7, 11) is 3.16. The molecule has 0 fully saturated rings. The Balaban J connectivity index is 2.06. The van der Waals surface area contributed by atoms with Crippen LogP contribution in [0.15, 0.2) is 29.6 Å². The largest absolute Gasteiger partial charge is 0.495 e. The number of benzene rings is 1. The van der Waals surface area contributed by atoms with E-state index in [4.69, 9.17) is 26.8 Å². The van der Waals surface area contributed by atoms with E-state index in [0.29, 0.717) is 16.5 Å². The number of methoxy groups -OCH3 is 2. The fourth-order valence-corrected chi connectivity index (χ4v) is 4.72. The average Bonchev–Trinajstić information content (AvgIpc) is 3.07. The van der Waals surface area contributed by atoms with Gasteiger partial charge in [0.1, 0.15) is 16.5 Å².